The van der Waals surface area contributed by atoms with E-state index in [0.29, 0.717) is 17.5 Å². The van der Waals surface area contributed by atoms with Gasteiger partial charge in [0.25, 0.3) is 0 Å². The van der Waals surface area contributed by atoms with E-state index >= 15 is 0 Å². The number of carbonyl (C=O) groups excluding carboxylic acids is 1. The first-order valence-electron chi connectivity index (χ1n) is 10.7. The fourth-order valence-corrected chi connectivity index (χ4v) is 4.66. The molecule has 2 aromatic carbocycles. The molecule has 3 N–H and O–H groups in total. The molecule has 6 heteroatoms. The second-order valence-corrected chi connectivity index (χ2v) is 8.42. The van der Waals surface area contributed by atoms with E-state index in [2.05, 4.69) is 28.6 Å². The largest absolute Gasteiger partial charge is 0.388 e. The number of benzene rings is 2. The number of piperidine rings is 1. The molecule has 1 saturated carbocycles. The van der Waals surface area contributed by atoms with Crippen LogP contribution in [0.15, 0.2) is 49.0 Å². The maximum absolute atomic E-state index is 14.8. The Morgan fingerprint density at radius 2 is 2.00 bits per heavy atom. The summed E-state index contributed by atoms with van der Waals surface area (Å²) in [4.78, 5) is 12.6. The van der Waals surface area contributed by atoms with E-state index in [1.165, 1.54) is 6.07 Å². The Labute approximate surface area is 182 Å². The second kappa shape index (κ2) is 8.91. The van der Waals surface area contributed by atoms with Gasteiger partial charge in [-0.1, -0.05) is 43.0 Å². The van der Waals surface area contributed by atoms with E-state index in [9.17, 15) is 14.4 Å². The van der Waals surface area contributed by atoms with E-state index in [-0.39, 0.29) is 24.2 Å². The Balaban J connectivity index is 1.42. The summed E-state index contributed by atoms with van der Waals surface area (Å²) in [5, 5.41) is 18.6. The quantitative estimate of drug-likeness (QED) is 0.644. The van der Waals surface area contributed by atoms with Crippen molar-refractivity contribution < 1.29 is 9.18 Å². The molecule has 0 aromatic heterocycles. The standard InChI is InChI=1S/C25H27FN4O/c1-15(28-2)16-3-5-17(6-4-16)18-7-8-19(23(26)13-18)11-22(14-27)30-25(31)24-20-9-10-21(12-20)29-24/h3-8,13,20-22,24,28-29H,1,9-12H2,2H3,(H,30,31)/t20?,21?,22-,24?/m0/s1. The zero-order valence-corrected chi connectivity index (χ0v) is 17.6. The third-order valence-electron chi connectivity index (χ3n) is 6.46. The molecule has 3 unspecified atom stereocenters. The van der Waals surface area contributed by atoms with Crippen molar-refractivity contribution in [1.82, 2.24) is 16.0 Å². The van der Waals surface area contributed by atoms with Crippen molar-refractivity contribution in [3.05, 3.63) is 66.0 Å². The smallest absolute Gasteiger partial charge is 0.238 e. The van der Waals surface area contributed by atoms with Crippen LogP contribution in [0.25, 0.3) is 16.8 Å². The second-order valence-electron chi connectivity index (χ2n) is 8.42. The number of hydrogen-bond acceptors (Lipinski definition) is 4. The van der Waals surface area contributed by atoms with Crippen molar-refractivity contribution in [1.29, 1.82) is 5.26 Å². The number of carbonyl (C=O) groups is 1. The van der Waals surface area contributed by atoms with E-state index in [0.717, 1.165) is 41.6 Å². The number of halogens is 1. The van der Waals surface area contributed by atoms with E-state index < -0.39 is 6.04 Å². The maximum atomic E-state index is 14.8. The minimum Gasteiger partial charge on any atom is -0.388 e. The number of nitriles is 1. The molecule has 0 radical (unpaired) electrons. The van der Waals surface area contributed by atoms with Gasteiger partial charge in [0.15, 0.2) is 0 Å². The van der Waals surface area contributed by atoms with E-state index in [1.54, 1.807) is 6.07 Å². The molecule has 1 amide bonds. The normalized spacial score (nSPS) is 22.5. The molecule has 1 saturated heterocycles. The molecular formula is C25H27FN4O. The summed E-state index contributed by atoms with van der Waals surface area (Å²) in [6.07, 6.45) is 3.32. The molecule has 2 fully saturated rings. The average Bonchev–Trinajstić information content (AvgIpc) is 3.43. The average molecular weight is 419 g/mol. The van der Waals surface area contributed by atoms with Crippen LogP contribution in [0.5, 0.6) is 0 Å². The van der Waals surface area contributed by atoms with Crippen molar-refractivity contribution in [2.24, 2.45) is 5.92 Å². The molecule has 1 heterocycles. The van der Waals surface area contributed by atoms with Crippen LogP contribution in [0, 0.1) is 23.1 Å². The van der Waals surface area contributed by atoms with Gasteiger partial charge in [-0.3, -0.25) is 4.79 Å². The van der Waals surface area contributed by atoms with Crippen LogP contribution in [-0.4, -0.2) is 31.1 Å². The first-order valence-corrected chi connectivity index (χ1v) is 10.7. The van der Waals surface area contributed by atoms with Gasteiger partial charge >= 0.3 is 0 Å². The molecule has 1 aliphatic heterocycles. The zero-order chi connectivity index (χ0) is 22.0. The SMILES string of the molecule is C=C(NC)c1ccc(-c2ccc(C[C@@H](C#N)NC(=O)C3NC4CCC3C4)c(F)c2)cc1. The summed E-state index contributed by atoms with van der Waals surface area (Å²) in [5.41, 5.74) is 3.85. The number of hydrogen-bond donors (Lipinski definition) is 3. The molecule has 2 bridgehead atoms. The minimum absolute atomic E-state index is 0.135. The lowest BCUT2D eigenvalue weighted by molar-refractivity contribution is -0.124. The predicted octanol–water partition coefficient (Wildman–Crippen LogP) is 3.37. The molecular weight excluding hydrogens is 391 g/mol. The summed E-state index contributed by atoms with van der Waals surface area (Å²) in [6, 6.07) is 14.3. The molecule has 4 rings (SSSR count). The molecule has 4 atom stereocenters. The number of nitrogens with zero attached hydrogens (tertiary/aromatic N) is 1. The van der Waals surface area contributed by atoms with Crippen LogP contribution in [0.2, 0.25) is 0 Å². The summed E-state index contributed by atoms with van der Waals surface area (Å²) >= 11 is 0. The lowest BCUT2D eigenvalue weighted by Gasteiger charge is -2.23. The van der Waals surface area contributed by atoms with Crippen molar-refractivity contribution in [2.75, 3.05) is 7.05 Å². The Bertz CT molecular complexity index is 1030. The molecule has 2 aromatic rings. The summed E-state index contributed by atoms with van der Waals surface area (Å²) in [5.74, 6) is -0.190. The van der Waals surface area contributed by atoms with Crippen LogP contribution >= 0.6 is 0 Å². The van der Waals surface area contributed by atoms with Gasteiger partial charge in [0.05, 0.1) is 12.1 Å². The van der Waals surface area contributed by atoms with E-state index in [4.69, 9.17) is 0 Å². The maximum Gasteiger partial charge on any atom is 0.238 e. The fourth-order valence-electron chi connectivity index (χ4n) is 4.66. The Hall–Kier alpha value is -3.17. The Morgan fingerprint density at radius 1 is 1.26 bits per heavy atom. The summed E-state index contributed by atoms with van der Waals surface area (Å²) in [6.45, 7) is 3.93. The summed E-state index contributed by atoms with van der Waals surface area (Å²) < 4.78 is 14.8. The molecule has 2 aliphatic rings. The van der Waals surface area contributed by atoms with Gasteiger partial charge in [-0.15, -0.1) is 0 Å². The third kappa shape index (κ3) is 4.47. The number of fused-ring (bicyclic) bond motifs is 2. The molecule has 5 nitrogen and oxygen atoms in total. The first kappa shape index (κ1) is 21.1. The number of rotatable bonds is 7. The highest BCUT2D eigenvalue weighted by Crippen LogP contribution is 2.35. The van der Waals surface area contributed by atoms with Crippen LogP contribution in [0.4, 0.5) is 4.39 Å². The highest BCUT2D eigenvalue weighted by Gasteiger charge is 2.43. The lowest BCUT2D eigenvalue weighted by Crippen LogP contribution is -2.50. The minimum atomic E-state index is -0.763. The van der Waals surface area contributed by atoms with Gasteiger partial charge in [0, 0.05) is 25.2 Å². The molecule has 0 spiro atoms. The van der Waals surface area contributed by atoms with Gasteiger partial charge in [0.1, 0.15) is 11.9 Å². The van der Waals surface area contributed by atoms with E-state index in [1.807, 2.05) is 37.4 Å². The first-order chi connectivity index (χ1) is 15.0. The number of amides is 1. The molecule has 31 heavy (non-hydrogen) atoms. The van der Waals surface area contributed by atoms with Crippen molar-refractivity contribution in [2.45, 2.75) is 43.8 Å². The van der Waals surface area contributed by atoms with Crippen LogP contribution in [0.3, 0.4) is 0 Å². The highest BCUT2D eigenvalue weighted by atomic mass is 19.1. The lowest BCUT2D eigenvalue weighted by atomic mass is 9.97. The number of nitrogens with one attached hydrogen (secondary N) is 3. The van der Waals surface area contributed by atoms with Gasteiger partial charge in [0.2, 0.25) is 5.91 Å². The van der Waals surface area contributed by atoms with Crippen molar-refractivity contribution in [3.8, 4) is 17.2 Å². The molecule has 1 aliphatic carbocycles. The topological polar surface area (TPSA) is 77.0 Å². The monoisotopic (exact) mass is 418 g/mol. The molecule has 160 valence electrons. The van der Waals surface area contributed by atoms with Gasteiger partial charge in [-0.2, -0.15) is 5.26 Å². The van der Waals surface area contributed by atoms with Crippen molar-refractivity contribution in [3.63, 3.8) is 0 Å². The van der Waals surface area contributed by atoms with Crippen LogP contribution in [0.1, 0.15) is 30.4 Å². The van der Waals surface area contributed by atoms with Gasteiger partial charge in [-0.25, -0.2) is 4.39 Å². The Kier molecular flexibility index (Phi) is 6.06. The van der Waals surface area contributed by atoms with Crippen LogP contribution in [-0.2, 0) is 11.2 Å². The highest BCUT2D eigenvalue weighted by molar-refractivity contribution is 5.83. The van der Waals surface area contributed by atoms with Gasteiger partial charge in [-0.05, 0) is 53.5 Å². The fraction of sp³-hybridized carbons (Fsp3) is 0.360. The summed E-state index contributed by atoms with van der Waals surface area (Å²) in [7, 11) is 1.82. The third-order valence-corrected chi connectivity index (χ3v) is 6.46. The van der Waals surface area contributed by atoms with Crippen molar-refractivity contribution >= 4 is 11.6 Å². The van der Waals surface area contributed by atoms with Crippen LogP contribution < -0.4 is 16.0 Å². The van der Waals surface area contributed by atoms with Gasteiger partial charge < -0.3 is 16.0 Å². The zero-order valence-electron chi connectivity index (χ0n) is 17.6. The predicted molar refractivity (Wildman–Crippen MR) is 119 cm³/mol. The Morgan fingerprint density at radius 3 is 2.58 bits per heavy atom.